The summed E-state index contributed by atoms with van der Waals surface area (Å²) in [6.45, 7) is 3.74. The lowest BCUT2D eigenvalue weighted by atomic mass is 9.87. The largest absolute Gasteiger partial charge is 0.480 e. The number of rotatable bonds is 4. The van der Waals surface area contributed by atoms with Crippen LogP contribution in [0.15, 0.2) is 23.1 Å². The first-order valence-corrected chi connectivity index (χ1v) is 8.92. The molecule has 1 saturated carbocycles. The zero-order chi connectivity index (χ0) is 15.6. The molecule has 1 fully saturated rings. The monoisotopic (exact) mass is 310 g/mol. The normalized spacial score (nSPS) is 18.4. The molecule has 0 aliphatic heterocycles. The molecule has 1 aliphatic rings. The molecule has 0 saturated heterocycles. The second kappa shape index (κ2) is 6.18. The molecule has 1 aromatic rings. The van der Waals surface area contributed by atoms with Gasteiger partial charge in [-0.25, -0.2) is 8.42 Å². The molecule has 1 N–H and O–H groups in total. The minimum atomic E-state index is -3.84. The zero-order valence-electron chi connectivity index (χ0n) is 12.5. The van der Waals surface area contributed by atoms with Gasteiger partial charge in [-0.1, -0.05) is 25.3 Å². The van der Waals surface area contributed by atoms with Gasteiger partial charge in [0.1, 0.15) is 0 Å². The van der Waals surface area contributed by atoms with Gasteiger partial charge in [-0.05, 0) is 55.9 Å². The van der Waals surface area contributed by atoms with E-state index in [4.69, 9.17) is 0 Å². The summed E-state index contributed by atoms with van der Waals surface area (Å²) in [5, 5.41) is 8.15. The highest BCUT2D eigenvalue weighted by molar-refractivity contribution is 7.92. The molecule has 1 unspecified atom stereocenters. The van der Waals surface area contributed by atoms with E-state index in [1.54, 1.807) is 12.1 Å². The van der Waals surface area contributed by atoms with Crippen LogP contribution in [-0.2, 0) is 14.6 Å². The van der Waals surface area contributed by atoms with Crippen LogP contribution in [0.1, 0.15) is 43.2 Å². The number of aryl methyl sites for hydroxylation is 2. The van der Waals surface area contributed by atoms with Gasteiger partial charge in [-0.2, -0.15) is 0 Å². The van der Waals surface area contributed by atoms with Gasteiger partial charge in [-0.3, -0.25) is 4.79 Å². The first-order valence-electron chi connectivity index (χ1n) is 7.38. The number of sulfone groups is 1. The fraction of sp³-hybridized carbons (Fsp3) is 0.562. The Kier molecular flexibility index (Phi) is 4.71. The van der Waals surface area contributed by atoms with Gasteiger partial charge in [0.25, 0.3) is 0 Å². The number of hydrogen-bond donors (Lipinski definition) is 1. The van der Waals surface area contributed by atoms with Gasteiger partial charge in [0.05, 0.1) is 4.90 Å². The maximum absolute atomic E-state index is 12.8. The Balaban J connectivity index is 2.41. The summed E-state index contributed by atoms with van der Waals surface area (Å²) in [5.41, 5.74) is 1.86. The molecular weight excluding hydrogens is 288 g/mol. The van der Waals surface area contributed by atoms with Gasteiger partial charge in [0.15, 0.2) is 15.1 Å². The lowest BCUT2D eigenvalue weighted by molar-refractivity contribution is -0.137. The summed E-state index contributed by atoms with van der Waals surface area (Å²) in [5.74, 6) is -1.50. The first kappa shape index (κ1) is 16.0. The van der Waals surface area contributed by atoms with Crippen molar-refractivity contribution in [3.8, 4) is 0 Å². The van der Waals surface area contributed by atoms with Crippen molar-refractivity contribution in [2.24, 2.45) is 5.92 Å². The topological polar surface area (TPSA) is 71.4 Å². The summed E-state index contributed by atoms with van der Waals surface area (Å²) in [7, 11) is -3.84. The molecule has 0 amide bonds. The third-order valence-electron chi connectivity index (χ3n) is 4.46. The summed E-state index contributed by atoms with van der Waals surface area (Å²) in [6, 6.07) is 4.85. The molecule has 1 aliphatic carbocycles. The number of hydrogen-bond acceptors (Lipinski definition) is 3. The maximum atomic E-state index is 12.8. The third-order valence-corrected chi connectivity index (χ3v) is 6.63. The predicted molar refractivity (Wildman–Crippen MR) is 81.1 cm³/mol. The fourth-order valence-corrected chi connectivity index (χ4v) is 5.00. The van der Waals surface area contributed by atoms with E-state index in [1.807, 2.05) is 13.8 Å². The van der Waals surface area contributed by atoms with Crippen LogP contribution in [-0.4, -0.2) is 24.7 Å². The van der Waals surface area contributed by atoms with Crippen molar-refractivity contribution in [1.82, 2.24) is 0 Å². The lowest BCUT2D eigenvalue weighted by Gasteiger charge is -2.27. The van der Waals surface area contributed by atoms with Gasteiger partial charge < -0.3 is 5.11 Å². The first-order chi connectivity index (χ1) is 9.84. The van der Waals surface area contributed by atoms with Crippen LogP contribution >= 0.6 is 0 Å². The molecule has 1 atom stereocenters. The SMILES string of the molecule is Cc1ccc(S(=O)(=O)C(C(=O)O)C2CCCCC2)cc1C. The standard InChI is InChI=1S/C16H22O4S/c1-11-8-9-14(10-12(11)2)21(19,20)15(16(17)18)13-6-4-3-5-7-13/h8-10,13,15H,3-7H2,1-2H3,(H,17,18). The molecule has 0 radical (unpaired) electrons. The quantitative estimate of drug-likeness (QED) is 0.927. The van der Waals surface area contributed by atoms with E-state index in [-0.39, 0.29) is 10.8 Å². The number of benzene rings is 1. The summed E-state index contributed by atoms with van der Waals surface area (Å²) in [6.07, 6.45) is 4.25. The van der Waals surface area contributed by atoms with Gasteiger partial charge in [0.2, 0.25) is 0 Å². The van der Waals surface area contributed by atoms with Crippen LogP contribution < -0.4 is 0 Å². The molecule has 2 rings (SSSR count). The average molecular weight is 310 g/mol. The van der Waals surface area contributed by atoms with Gasteiger partial charge >= 0.3 is 5.97 Å². The van der Waals surface area contributed by atoms with Crippen LogP contribution in [0.2, 0.25) is 0 Å². The maximum Gasteiger partial charge on any atom is 0.322 e. The average Bonchev–Trinajstić information content (AvgIpc) is 2.42. The fourth-order valence-electron chi connectivity index (χ4n) is 3.06. The van der Waals surface area contributed by atoms with Crippen molar-refractivity contribution in [3.63, 3.8) is 0 Å². The van der Waals surface area contributed by atoms with Crippen LogP contribution in [0, 0.1) is 19.8 Å². The third kappa shape index (κ3) is 3.28. The molecular formula is C16H22O4S. The molecule has 21 heavy (non-hydrogen) atoms. The van der Waals surface area contributed by atoms with Crippen molar-refractivity contribution in [1.29, 1.82) is 0 Å². The Morgan fingerprint density at radius 1 is 1.14 bits per heavy atom. The molecule has 5 heteroatoms. The second-order valence-electron chi connectivity index (χ2n) is 5.95. The Bertz CT molecular complexity index is 628. The van der Waals surface area contributed by atoms with Crippen molar-refractivity contribution < 1.29 is 18.3 Å². The molecule has 0 heterocycles. The predicted octanol–water partition coefficient (Wildman–Crippen LogP) is 3.11. The smallest absolute Gasteiger partial charge is 0.322 e. The van der Waals surface area contributed by atoms with E-state index in [2.05, 4.69) is 0 Å². The molecule has 1 aromatic carbocycles. The summed E-state index contributed by atoms with van der Waals surface area (Å²) in [4.78, 5) is 11.7. The van der Waals surface area contributed by atoms with E-state index in [0.29, 0.717) is 12.8 Å². The van der Waals surface area contributed by atoms with E-state index in [9.17, 15) is 18.3 Å². The number of carbonyl (C=O) groups is 1. The van der Waals surface area contributed by atoms with Crippen LogP contribution in [0.25, 0.3) is 0 Å². The van der Waals surface area contributed by atoms with Crippen LogP contribution in [0.4, 0.5) is 0 Å². The summed E-state index contributed by atoms with van der Waals surface area (Å²) < 4.78 is 25.5. The van der Waals surface area contributed by atoms with Gasteiger partial charge in [0, 0.05) is 0 Å². The Hall–Kier alpha value is -1.36. The Labute approximate surface area is 126 Å². The van der Waals surface area contributed by atoms with E-state index in [0.717, 1.165) is 30.4 Å². The minimum Gasteiger partial charge on any atom is -0.480 e. The Morgan fingerprint density at radius 2 is 1.76 bits per heavy atom. The highest BCUT2D eigenvalue weighted by atomic mass is 32.2. The minimum absolute atomic E-state index is 0.128. The van der Waals surface area contributed by atoms with E-state index in [1.165, 1.54) is 6.07 Å². The van der Waals surface area contributed by atoms with Crippen molar-refractivity contribution in [2.45, 2.75) is 56.1 Å². The van der Waals surface area contributed by atoms with Crippen molar-refractivity contribution in [2.75, 3.05) is 0 Å². The van der Waals surface area contributed by atoms with Crippen molar-refractivity contribution in [3.05, 3.63) is 29.3 Å². The zero-order valence-corrected chi connectivity index (χ0v) is 13.3. The highest BCUT2D eigenvalue weighted by Crippen LogP contribution is 2.33. The van der Waals surface area contributed by atoms with Gasteiger partial charge in [-0.15, -0.1) is 0 Å². The lowest BCUT2D eigenvalue weighted by Crippen LogP contribution is -2.38. The van der Waals surface area contributed by atoms with Crippen LogP contribution in [0.5, 0.6) is 0 Å². The van der Waals surface area contributed by atoms with Crippen LogP contribution in [0.3, 0.4) is 0 Å². The number of carboxylic acid groups (broad SMARTS) is 1. The molecule has 4 nitrogen and oxygen atoms in total. The molecule has 116 valence electrons. The van der Waals surface area contributed by atoms with E-state index >= 15 is 0 Å². The Morgan fingerprint density at radius 3 is 2.29 bits per heavy atom. The highest BCUT2D eigenvalue weighted by Gasteiger charge is 2.40. The van der Waals surface area contributed by atoms with Crippen molar-refractivity contribution >= 4 is 15.8 Å². The molecule has 0 aromatic heterocycles. The number of carboxylic acids is 1. The summed E-state index contributed by atoms with van der Waals surface area (Å²) >= 11 is 0. The molecule has 0 bridgehead atoms. The second-order valence-corrected chi connectivity index (χ2v) is 8.02. The van der Waals surface area contributed by atoms with E-state index < -0.39 is 21.1 Å². The number of aliphatic carboxylic acids is 1. The molecule has 0 spiro atoms.